The lowest BCUT2D eigenvalue weighted by Crippen LogP contribution is -2.03. The van der Waals surface area contributed by atoms with E-state index in [-0.39, 0.29) is 5.56 Å². The van der Waals surface area contributed by atoms with Gasteiger partial charge in [0, 0.05) is 0 Å². The first-order valence-corrected chi connectivity index (χ1v) is 11.1. The Morgan fingerprint density at radius 3 is 1.97 bits per heavy atom. The highest BCUT2D eigenvalue weighted by Gasteiger charge is 2.09. The van der Waals surface area contributed by atoms with Gasteiger partial charge in [-0.25, -0.2) is 9.36 Å². The van der Waals surface area contributed by atoms with Gasteiger partial charge in [-0.05, 0) is 71.6 Å². The molecular weight excluding hydrogens is 407 g/mol. The molecule has 0 aliphatic carbocycles. The standard InChI is InChI=1S/C22H30O3.H3O4P/c1-17(2)9-7-10-18(3)11-8-12-19(4)15-16-25-21-14-6-5-13-20(21)22(23)24;1-5(2,3)4/h5-6,9,11,13-15H,7-8,10,12,16H2,1-4H3,(H,23,24);(H3,1,2,3,4). The Labute approximate surface area is 178 Å². The van der Waals surface area contributed by atoms with Crippen LogP contribution in [0.3, 0.4) is 0 Å². The van der Waals surface area contributed by atoms with Crippen LogP contribution in [0.25, 0.3) is 0 Å². The Kier molecular flexibility index (Phi) is 13.7. The Balaban J connectivity index is 0.00000150. The minimum atomic E-state index is -4.64. The third-order valence-corrected chi connectivity index (χ3v) is 3.91. The number of aromatic carboxylic acids is 1. The van der Waals surface area contributed by atoms with E-state index in [1.807, 2.05) is 6.08 Å². The molecule has 7 nitrogen and oxygen atoms in total. The molecule has 0 spiro atoms. The minimum absolute atomic E-state index is 0.198. The zero-order chi connectivity index (χ0) is 23.2. The second-order valence-corrected chi connectivity index (χ2v) is 8.11. The number of hydrogen-bond acceptors (Lipinski definition) is 3. The van der Waals surface area contributed by atoms with Crippen LogP contribution in [0.15, 0.2) is 59.2 Å². The van der Waals surface area contributed by atoms with Crippen molar-refractivity contribution < 1.29 is 33.9 Å². The molecule has 0 radical (unpaired) electrons. The molecule has 0 bridgehead atoms. The maximum atomic E-state index is 11.1. The van der Waals surface area contributed by atoms with E-state index in [4.69, 9.17) is 29.1 Å². The van der Waals surface area contributed by atoms with Crippen LogP contribution in [0.5, 0.6) is 5.75 Å². The molecule has 1 rings (SSSR count). The van der Waals surface area contributed by atoms with Crippen molar-refractivity contribution in [3.05, 3.63) is 64.8 Å². The monoisotopic (exact) mass is 440 g/mol. The third kappa shape index (κ3) is 16.7. The van der Waals surface area contributed by atoms with Crippen LogP contribution in [0.2, 0.25) is 0 Å². The van der Waals surface area contributed by atoms with Crippen molar-refractivity contribution in [1.29, 1.82) is 0 Å². The SMILES string of the molecule is CC(C)=CCCC(C)=CCCC(C)=CCOc1ccccc1C(=O)O.O=P(O)(O)O. The van der Waals surface area contributed by atoms with Crippen LogP contribution in [0.1, 0.15) is 63.7 Å². The number of rotatable bonds is 10. The molecule has 168 valence electrons. The van der Waals surface area contributed by atoms with Crippen molar-refractivity contribution in [2.45, 2.75) is 53.4 Å². The number of carbonyl (C=O) groups is 1. The first kappa shape index (κ1) is 27.8. The van der Waals surface area contributed by atoms with Crippen molar-refractivity contribution in [2.75, 3.05) is 6.61 Å². The van der Waals surface area contributed by atoms with Gasteiger partial charge in [0.25, 0.3) is 0 Å². The van der Waals surface area contributed by atoms with Gasteiger partial charge in [-0.15, -0.1) is 0 Å². The molecule has 1 aromatic rings. The molecule has 4 N–H and O–H groups in total. The molecule has 1 aromatic carbocycles. The topological polar surface area (TPSA) is 124 Å². The van der Waals surface area contributed by atoms with Crippen molar-refractivity contribution >= 4 is 13.8 Å². The summed E-state index contributed by atoms with van der Waals surface area (Å²) in [5, 5.41) is 9.13. The molecule has 0 atom stereocenters. The van der Waals surface area contributed by atoms with E-state index < -0.39 is 13.8 Å². The van der Waals surface area contributed by atoms with Gasteiger partial charge in [-0.2, -0.15) is 0 Å². The van der Waals surface area contributed by atoms with E-state index >= 15 is 0 Å². The predicted octanol–water partition coefficient (Wildman–Crippen LogP) is 5.25. The van der Waals surface area contributed by atoms with E-state index in [0.717, 1.165) is 25.7 Å². The molecule has 0 saturated heterocycles. The summed E-state index contributed by atoms with van der Waals surface area (Å²) in [7, 11) is -4.64. The number of allylic oxidation sites excluding steroid dienone is 5. The molecular formula is C22H33O7P. The zero-order valence-electron chi connectivity index (χ0n) is 18.0. The maximum Gasteiger partial charge on any atom is 0.466 e. The van der Waals surface area contributed by atoms with Crippen LogP contribution in [-0.2, 0) is 4.57 Å². The van der Waals surface area contributed by atoms with Crippen molar-refractivity contribution in [3.8, 4) is 5.75 Å². The van der Waals surface area contributed by atoms with E-state index in [0.29, 0.717) is 12.4 Å². The summed E-state index contributed by atoms with van der Waals surface area (Å²) >= 11 is 0. The summed E-state index contributed by atoms with van der Waals surface area (Å²) < 4.78 is 14.5. The summed E-state index contributed by atoms with van der Waals surface area (Å²) in [6, 6.07) is 6.72. The van der Waals surface area contributed by atoms with Crippen LogP contribution in [0.4, 0.5) is 0 Å². The lowest BCUT2D eigenvalue weighted by atomic mass is 10.1. The number of hydrogen-bond donors (Lipinski definition) is 4. The molecule has 0 aliphatic heterocycles. The number of carboxylic acid groups (broad SMARTS) is 1. The minimum Gasteiger partial charge on any atom is -0.489 e. The van der Waals surface area contributed by atoms with Gasteiger partial charge in [-0.3, -0.25) is 0 Å². The fraction of sp³-hybridized carbons (Fsp3) is 0.409. The summed E-state index contributed by atoms with van der Waals surface area (Å²) in [6.07, 6.45) is 10.8. The molecule has 0 amide bonds. The molecule has 0 aliphatic rings. The van der Waals surface area contributed by atoms with Gasteiger partial charge < -0.3 is 24.5 Å². The zero-order valence-corrected chi connectivity index (χ0v) is 18.9. The third-order valence-electron chi connectivity index (χ3n) is 3.91. The number of ether oxygens (including phenoxy) is 1. The van der Waals surface area contributed by atoms with E-state index in [1.165, 1.54) is 16.7 Å². The van der Waals surface area contributed by atoms with Gasteiger partial charge in [0.1, 0.15) is 17.9 Å². The second kappa shape index (κ2) is 14.7. The lowest BCUT2D eigenvalue weighted by molar-refractivity contribution is 0.0692. The van der Waals surface area contributed by atoms with Crippen LogP contribution < -0.4 is 4.74 Å². The number of carboxylic acids is 1. The van der Waals surface area contributed by atoms with Crippen LogP contribution >= 0.6 is 7.82 Å². The van der Waals surface area contributed by atoms with Crippen molar-refractivity contribution in [1.82, 2.24) is 0 Å². The number of phosphoric acid groups is 1. The predicted molar refractivity (Wildman–Crippen MR) is 119 cm³/mol. The molecule has 0 saturated carbocycles. The Bertz CT molecular complexity index is 791. The van der Waals surface area contributed by atoms with E-state index in [2.05, 4.69) is 39.8 Å². The first-order valence-electron chi connectivity index (χ1n) is 9.58. The smallest absolute Gasteiger partial charge is 0.466 e. The van der Waals surface area contributed by atoms with Crippen LogP contribution in [-0.4, -0.2) is 32.4 Å². The highest BCUT2D eigenvalue weighted by molar-refractivity contribution is 7.45. The molecule has 8 heteroatoms. The maximum absolute atomic E-state index is 11.1. The van der Waals surface area contributed by atoms with Gasteiger partial charge in [0.05, 0.1) is 0 Å². The molecule has 0 fully saturated rings. The average molecular weight is 440 g/mol. The normalized spacial score (nSPS) is 12.0. The fourth-order valence-corrected chi connectivity index (χ4v) is 2.38. The fourth-order valence-electron chi connectivity index (χ4n) is 2.38. The summed E-state index contributed by atoms with van der Waals surface area (Å²) in [6.45, 7) is 8.91. The van der Waals surface area contributed by atoms with E-state index in [9.17, 15) is 4.79 Å². The lowest BCUT2D eigenvalue weighted by Gasteiger charge is -2.07. The molecule has 0 heterocycles. The summed E-state index contributed by atoms with van der Waals surface area (Å²) in [4.78, 5) is 32.7. The summed E-state index contributed by atoms with van der Waals surface area (Å²) in [5.41, 5.74) is 4.25. The second-order valence-electron chi connectivity index (χ2n) is 7.09. The molecule has 30 heavy (non-hydrogen) atoms. The number of benzene rings is 1. The largest absolute Gasteiger partial charge is 0.489 e. The van der Waals surface area contributed by atoms with Gasteiger partial charge in [-0.1, -0.05) is 41.0 Å². The molecule has 0 aromatic heterocycles. The van der Waals surface area contributed by atoms with Crippen molar-refractivity contribution in [3.63, 3.8) is 0 Å². The first-order chi connectivity index (χ1) is 13.9. The Morgan fingerprint density at radius 1 is 0.933 bits per heavy atom. The van der Waals surface area contributed by atoms with E-state index in [1.54, 1.807) is 24.3 Å². The summed E-state index contributed by atoms with van der Waals surface area (Å²) in [5.74, 6) is -0.556. The quantitative estimate of drug-likeness (QED) is 0.289. The van der Waals surface area contributed by atoms with Gasteiger partial charge in [0.2, 0.25) is 0 Å². The van der Waals surface area contributed by atoms with Gasteiger partial charge in [0.15, 0.2) is 0 Å². The highest BCUT2D eigenvalue weighted by atomic mass is 31.2. The van der Waals surface area contributed by atoms with Gasteiger partial charge >= 0.3 is 13.8 Å². The Morgan fingerprint density at radius 2 is 1.43 bits per heavy atom. The molecule has 0 unspecified atom stereocenters. The van der Waals surface area contributed by atoms with Crippen molar-refractivity contribution in [2.24, 2.45) is 0 Å². The Hall–Kier alpha value is -2.18. The average Bonchev–Trinajstić information content (AvgIpc) is 2.60. The number of para-hydroxylation sites is 1. The van der Waals surface area contributed by atoms with Crippen LogP contribution in [0, 0.1) is 0 Å². The highest BCUT2D eigenvalue weighted by Crippen LogP contribution is 2.25.